The molecule has 18 heavy (non-hydrogen) atoms. The summed E-state index contributed by atoms with van der Waals surface area (Å²) in [7, 11) is 0. The molecule has 5 heteroatoms. The maximum atomic E-state index is 5.72. The highest BCUT2D eigenvalue weighted by molar-refractivity contribution is 7.12. The van der Waals surface area contributed by atoms with Gasteiger partial charge in [-0.05, 0) is 37.3 Å². The average Bonchev–Trinajstić information content (AvgIpc) is 3.04. The second-order valence-electron chi connectivity index (χ2n) is 4.70. The Balaban J connectivity index is 1.80. The summed E-state index contributed by atoms with van der Waals surface area (Å²) in [6.07, 6.45) is 8.02. The molecule has 96 valence electrons. The first-order valence-electron chi connectivity index (χ1n) is 6.32. The van der Waals surface area contributed by atoms with E-state index in [0.717, 1.165) is 6.42 Å². The normalized spacial score (nSPS) is 16.5. The zero-order valence-electron chi connectivity index (χ0n) is 10.2. The van der Waals surface area contributed by atoms with E-state index in [1.807, 2.05) is 23.0 Å². The summed E-state index contributed by atoms with van der Waals surface area (Å²) < 4.78 is 0. The first-order valence-corrected chi connectivity index (χ1v) is 8.01. The lowest BCUT2D eigenvalue weighted by Gasteiger charge is -2.12. The van der Waals surface area contributed by atoms with Gasteiger partial charge in [0, 0.05) is 27.2 Å². The van der Waals surface area contributed by atoms with Crippen LogP contribution in [0.3, 0.4) is 0 Å². The first-order chi connectivity index (χ1) is 8.86. The fourth-order valence-corrected chi connectivity index (χ4v) is 4.43. The highest BCUT2D eigenvalue weighted by Gasteiger charge is 2.19. The van der Waals surface area contributed by atoms with Crippen LogP contribution in [0.25, 0.3) is 0 Å². The highest BCUT2D eigenvalue weighted by Crippen LogP contribution is 2.34. The Kier molecular flexibility index (Phi) is 3.75. The molecule has 0 bridgehead atoms. The van der Waals surface area contributed by atoms with Gasteiger partial charge in [0.1, 0.15) is 0 Å². The van der Waals surface area contributed by atoms with Crippen molar-refractivity contribution in [3.05, 3.63) is 38.0 Å². The van der Waals surface area contributed by atoms with Gasteiger partial charge < -0.3 is 0 Å². The number of thiazole rings is 1. The van der Waals surface area contributed by atoms with E-state index in [4.69, 9.17) is 5.84 Å². The van der Waals surface area contributed by atoms with Crippen LogP contribution in [0.1, 0.15) is 39.1 Å². The minimum atomic E-state index is 0.223. The Morgan fingerprint density at radius 1 is 1.39 bits per heavy atom. The van der Waals surface area contributed by atoms with Crippen LogP contribution in [-0.4, -0.2) is 4.98 Å². The zero-order chi connectivity index (χ0) is 12.4. The van der Waals surface area contributed by atoms with Crippen LogP contribution >= 0.6 is 22.7 Å². The number of aromatic nitrogens is 1. The van der Waals surface area contributed by atoms with Gasteiger partial charge in [-0.3, -0.25) is 16.3 Å². The van der Waals surface area contributed by atoms with E-state index in [2.05, 4.69) is 16.5 Å². The van der Waals surface area contributed by atoms with Gasteiger partial charge in [-0.2, -0.15) is 0 Å². The van der Waals surface area contributed by atoms with E-state index < -0.39 is 0 Å². The molecule has 1 unspecified atom stereocenters. The standard InChI is InChI=1S/C13H17N3S2/c14-16-11(6-10-7-15-8-17-10)13-5-9-3-1-2-4-12(9)18-13/h5,7-8,11,16H,1-4,6,14H2. The summed E-state index contributed by atoms with van der Waals surface area (Å²) in [5.74, 6) is 5.72. The van der Waals surface area contributed by atoms with E-state index in [-0.39, 0.29) is 6.04 Å². The van der Waals surface area contributed by atoms with E-state index in [9.17, 15) is 0 Å². The van der Waals surface area contributed by atoms with E-state index in [1.165, 1.54) is 35.4 Å². The summed E-state index contributed by atoms with van der Waals surface area (Å²) in [6.45, 7) is 0. The molecule has 3 nitrogen and oxygen atoms in total. The van der Waals surface area contributed by atoms with Crippen LogP contribution in [0.15, 0.2) is 17.8 Å². The number of fused-ring (bicyclic) bond motifs is 1. The van der Waals surface area contributed by atoms with Gasteiger partial charge in [-0.15, -0.1) is 22.7 Å². The molecular formula is C13H17N3S2. The maximum absolute atomic E-state index is 5.72. The van der Waals surface area contributed by atoms with Crippen LogP contribution in [-0.2, 0) is 19.3 Å². The number of aryl methyl sites for hydroxylation is 2. The Morgan fingerprint density at radius 2 is 2.28 bits per heavy atom. The molecule has 2 aromatic rings. The van der Waals surface area contributed by atoms with Crippen molar-refractivity contribution in [2.24, 2.45) is 5.84 Å². The van der Waals surface area contributed by atoms with Crippen molar-refractivity contribution in [1.82, 2.24) is 10.4 Å². The van der Waals surface area contributed by atoms with Crippen molar-refractivity contribution >= 4 is 22.7 Å². The second-order valence-corrected chi connectivity index (χ2v) is 6.83. The largest absolute Gasteiger partial charge is 0.271 e. The number of nitrogens with zero attached hydrogens (tertiary/aromatic N) is 1. The number of nitrogens with two attached hydrogens (primary N) is 1. The lowest BCUT2D eigenvalue weighted by atomic mass is 9.98. The van der Waals surface area contributed by atoms with E-state index >= 15 is 0 Å². The van der Waals surface area contributed by atoms with Gasteiger partial charge in [0.25, 0.3) is 0 Å². The van der Waals surface area contributed by atoms with Gasteiger partial charge >= 0.3 is 0 Å². The van der Waals surface area contributed by atoms with Crippen molar-refractivity contribution in [3.8, 4) is 0 Å². The molecule has 0 spiro atoms. The summed E-state index contributed by atoms with van der Waals surface area (Å²) in [4.78, 5) is 8.35. The number of hydrogen-bond acceptors (Lipinski definition) is 5. The van der Waals surface area contributed by atoms with Crippen molar-refractivity contribution in [1.29, 1.82) is 0 Å². The third kappa shape index (κ3) is 2.49. The Bertz CT molecular complexity index is 481. The van der Waals surface area contributed by atoms with Crippen LogP contribution in [0.5, 0.6) is 0 Å². The number of rotatable bonds is 4. The zero-order valence-corrected chi connectivity index (χ0v) is 11.8. The number of thiophene rings is 1. The van der Waals surface area contributed by atoms with E-state index in [0.29, 0.717) is 0 Å². The molecule has 1 aliphatic carbocycles. The van der Waals surface area contributed by atoms with Crippen LogP contribution in [0, 0.1) is 0 Å². The Labute approximate surface area is 115 Å². The van der Waals surface area contributed by atoms with Gasteiger partial charge in [-0.1, -0.05) is 0 Å². The lowest BCUT2D eigenvalue weighted by Crippen LogP contribution is -2.28. The Hall–Kier alpha value is -0.750. The maximum Gasteiger partial charge on any atom is 0.0794 e. The molecular weight excluding hydrogens is 262 g/mol. The summed E-state index contributed by atoms with van der Waals surface area (Å²) in [6, 6.07) is 2.58. The van der Waals surface area contributed by atoms with Gasteiger partial charge in [0.15, 0.2) is 0 Å². The van der Waals surface area contributed by atoms with Crippen LogP contribution < -0.4 is 11.3 Å². The monoisotopic (exact) mass is 279 g/mol. The third-order valence-electron chi connectivity index (χ3n) is 3.45. The molecule has 0 aromatic carbocycles. The van der Waals surface area contributed by atoms with Gasteiger partial charge in [0.2, 0.25) is 0 Å². The molecule has 2 aromatic heterocycles. The van der Waals surface area contributed by atoms with Crippen LogP contribution in [0.4, 0.5) is 0 Å². The molecule has 0 aliphatic heterocycles. The predicted molar refractivity (Wildman–Crippen MR) is 76.8 cm³/mol. The molecule has 0 fully saturated rings. The fourth-order valence-electron chi connectivity index (χ4n) is 2.47. The van der Waals surface area contributed by atoms with Gasteiger partial charge in [-0.25, -0.2) is 0 Å². The molecule has 0 radical (unpaired) electrons. The van der Waals surface area contributed by atoms with Crippen molar-refractivity contribution in [2.45, 2.75) is 38.1 Å². The number of nitrogens with one attached hydrogen (secondary N) is 1. The Morgan fingerprint density at radius 3 is 3.00 bits per heavy atom. The molecule has 0 saturated heterocycles. The SMILES string of the molecule is NNC(Cc1cncs1)c1cc2c(s1)CCCC2. The first kappa shape index (κ1) is 12.3. The molecule has 0 amide bonds. The lowest BCUT2D eigenvalue weighted by molar-refractivity contribution is 0.563. The second kappa shape index (κ2) is 5.48. The summed E-state index contributed by atoms with van der Waals surface area (Å²) >= 11 is 3.63. The molecule has 3 rings (SSSR count). The van der Waals surface area contributed by atoms with Crippen LogP contribution in [0.2, 0.25) is 0 Å². The average molecular weight is 279 g/mol. The summed E-state index contributed by atoms with van der Waals surface area (Å²) in [5, 5.41) is 0. The van der Waals surface area contributed by atoms with E-state index in [1.54, 1.807) is 21.8 Å². The molecule has 1 aliphatic rings. The number of hydrogen-bond donors (Lipinski definition) is 2. The van der Waals surface area contributed by atoms with Crippen molar-refractivity contribution < 1.29 is 0 Å². The van der Waals surface area contributed by atoms with Crippen molar-refractivity contribution in [3.63, 3.8) is 0 Å². The minimum Gasteiger partial charge on any atom is -0.271 e. The molecule has 1 atom stereocenters. The smallest absolute Gasteiger partial charge is 0.0794 e. The number of hydrazine groups is 1. The fraction of sp³-hybridized carbons (Fsp3) is 0.462. The topological polar surface area (TPSA) is 50.9 Å². The molecule has 3 N–H and O–H groups in total. The molecule has 0 saturated carbocycles. The quantitative estimate of drug-likeness (QED) is 0.668. The third-order valence-corrected chi connectivity index (χ3v) is 5.60. The summed E-state index contributed by atoms with van der Waals surface area (Å²) in [5.41, 5.74) is 6.38. The van der Waals surface area contributed by atoms with Crippen molar-refractivity contribution in [2.75, 3.05) is 0 Å². The highest BCUT2D eigenvalue weighted by atomic mass is 32.1. The molecule has 2 heterocycles. The van der Waals surface area contributed by atoms with Gasteiger partial charge in [0.05, 0.1) is 11.6 Å². The minimum absolute atomic E-state index is 0.223. The predicted octanol–water partition coefficient (Wildman–Crippen LogP) is 2.83.